The molecule has 4 amide bonds. The summed E-state index contributed by atoms with van der Waals surface area (Å²) in [4.78, 5) is 54.3. The molecule has 0 aromatic heterocycles. The number of nitrogens with one attached hydrogen (secondary N) is 4. The number of aliphatic imine (C=N–C) groups is 1. The van der Waals surface area contributed by atoms with Crippen molar-refractivity contribution in [3.05, 3.63) is 0 Å². The minimum atomic E-state index is -1.46. The Kier molecular flexibility index (Phi) is 20.9. The summed E-state index contributed by atoms with van der Waals surface area (Å²) < 4.78 is 28.3. The van der Waals surface area contributed by atoms with Crippen LogP contribution in [0.25, 0.3) is 0 Å². The summed E-state index contributed by atoms with van der Waals surface area (Å²) in [5.74, 6) is -1.60. The topological polar surface area (TPSA) is 175 Å². The van der Waals surface area contributed by atoms with Crippen molar-refractivity contribution in [1.82, 2.24) is 21.3 Å². The maximum atomic E-state index is 13.2. The molecule has 0 saturated carbocycles. The van der Waals surface area contributed by atoms with Crippen molar-refractivity contribution in [1.29, 1.82) is 0 Å². The fraction of sp³-hybridized carbons (Fsp3) is 0.853. The Morgan fingerprint density at radius 1 is 0.735 bits per heavy atom. The van der Waals surface area contributed by atoms with E-state index in [2.05, 4.69) is 39.4 Å². The molecule has 0 aliphatic heterocycles. The smallest absolute Gasteiger partial charge is 0.437 e. The zero-order valence-electron chi connectivity index (χ0n) is 32.6. The summed E-state index contributed by atoms with van der Waals surface area (Å²) in [6, 6.07) is -0.702. The molecular formula is C34H67N5O9Si. The summed E-state index contributed by atoms with van der Waals surface area (Å²) in [7, 11) is -1.46. The van der Waals surface area contributed by atoms with Crippen LogP contribution in [0.5, 0.6) is 0 Å². The van der Waals surface area contributed by atoms with Crippen LogP contribution in [0.15, 0.2) is 4.99 Å². The highest BCUT2D eigenvalue weighted by Crippen LogP contribution is 2.24. The van der Waals surface area contributed by atoms with Crippen molar-refractivity contribution in [3.8, 4) is 0 Å². The molecule has 0 fully saturated rings. The number of carbonyl (C=O) groups excluding carboxylic acids is 4. The molecule has 15 heteroatoms. The van der Waals surface area contributed by atoms with Gasteiger partial charge in [-0.05, 0) is 93.2 Å². The molecule has 1 unspecified atom stereocenters. The van der Waals surface area contributed by atoms with Crippen molar-refractivity contribution < 1.29 is 42.6 Å². The van der Waals surface area contributed by atoms with Crippen LogP contribution in [-0.4, -0.2) is 88.5 Å². The van der Waals surface area contributed by atoms with Gasteiger partial charge < -0.3 is 39.3 Å². The summed E-state index contributed by atoms with van der Waals surface area (Å²) in [6.45, 7) is 25.7. The van der Waals surface area contributed by atoms with Crippen LogP contribution >= 0.6 is 0 Å². The zero-order valence-corrected chi connectivity index (χ0v) is 33.7. The van der Waals surface area contributed by atoms with E-state index in [0.29, 0.717) is 52.0 Å². The van der Waals surface area contributed by atoms with Crippen LogP contribution < -0.4 is 21.3 Å². The molecule has 49 heavy (non-hydrogen) atoms. The van der Waals surface area contributed by atoms with Crippen LogP contribution in [0.4, 0.5) is 9.59 Å². The van der Waals surface area contributed by atoms with Crippen LogP contribution in [0, 0.1) is 5.41 Å². The lowest BCUT2D eigenvalue weighted by Crippen LogP contribution is -2.53. The Labute approximate surface area is 296 Å². The van der Waals surface area contributed by atoms with E-state index >= 15 is 0 Å². The van der Waals surface area contributed by atoms with Gasteiger partial charge in [-0.25, -0.2) is 9.59 Å². The summed E-state index contributed by atoms with van der Waals surface area (Å²) >= 11 is 0. The van der Waals surface area contributed by atoms with Crippen LogP contribution in [0.2, 0.25) is 13.1 Å². The third-order valence-corrected chi connectivity index (χ3v) is 7.21. The number of amides is 4. The van der Waals surface area contributed by atoms with Gasteiger partial charge in [0.25, 0.3) is 5.97 Å². The van der Waals surface area contributed by atoms with E-state index in [9.17, 15) is 19.2 Å². The number of ether oxygens (including phenoxy) is 4. The standard InChI is InChI=1S/C34H67N5O9Si/c1-14-44-34(45-15-2,48-49(12)13)22-20-24-35-27(41)26(31(3,4)5)37-25(40)21-18-16-17-19-23-36-28(38-29(42)46-32(6,7)8)39-30(43)47-33(9,10)11/h26,49H,14-24H2,1-13H3,(H,35,41)(H,37,40)(H2,36,38,39,42,43). The molecule has 0 saturated heterocycles. The molecule has 0 rings (SSSR count). The lowest BCUT2D eigenvalue weighted by Gasteiger charge is -2.35. The van der Waals surface area contributed by atoms with Gasteiger partial charge in [-0.2, -0.15) is 0 Å². The third kappa shape index (κ3) is 23.3. The summed E-state index contributed by atoms with van der Waals surface area (Å²) in [5.41, 5.74) is -1.97. The second-order valence-corrected chi connectivity index (χ2v) is 17.5. The average Bonchev–Trinajstić information content (AvgIpc) is 2.90. The highest BCUT2D eigenvalue weighted by atomic mass is 28.3. The quantitative estimate of drug-likeness (QED) is 0.0439. The first-order valence-corrected chi connectivity index (χ1v) is 20.4. The van der Waals surface area contributed by atoms with E-state index in [-0.39, 0.29) is 24.2 Å². The first-order valence-electron chi connectivity index (χ1n) is 17.6. The molecule has 0 bridgehead atoms. The van der Waals surface area contributed by atoms with Crippen LogP contribution in [-0.2, 0) is 33.0 Å². The van der Waals surface area contributed by atoms with Gasteiger partial charge in [0.2, 0.25) is 17.8 Å². The number of rotatable bonds is 19. The van der Waals surface area contributed by atoms with Gasteiger partial charge in [-0.1, -0.05) is 33.6 Å². The van der Waals surface area contributed by atoms with Gasteiger partial charge >= 0.3 is 12.2 Å². The number of unbranched alkanes of at least 4 members (excludes halogenated alkanes) is 3. The average molecular weight is 718 g/mol. The first-order chi connectivity index (χ1) is 22.5. The number of hydrogen-bond acceptors (Lipinski definition) is 9. The molecule has 0 spiro atoms. The fourth-order valence-corrected chi connectivity index (χ4v) is 5.47. The molecule has 0 aliphatic rings. The van der Waals surface area contributed by atoms with E-state index in [1.165, 1.54) is 0 Å². The van der Waals surface area contributed by atoms with Crippen molar-refractivity contribution in [3.63, 3.8) is 0 Å². The highest BCUT2D eigenvalue weighted by molar-refractivity contribution is 6.48. The molecule has 0 radical (unpaired) electrons. The Morgan fingerprint density at radius 3 is 1.80 bits per heavy atom. The summed E-state index contributed by atoms with van der Waals surface area (Å²) in [6.07, 6.45) is 2.61. The predicted octanol–water partition coefficient (Wildman–Crippen LogP) is 5.50. The van der Waals surface area contributed by atoms with Crippen LogP contribution in [0.1, 0.15) is 121 Å². The van der Waals surface area contributed by atoms with Crippen molar-refractivity contribution in [2.45, 2.75) is 157 Å². The highest BCUT2D eigenvalue weighted by Gasteiger charge is 2.35. The molecule has 0 heterocycles. The summed E-state index contributed by atoms with van der Waals surface area (Å²) in [5, 5.41) is 11.3. The Bertz CT molecular complexity index is 1040. The Morgan fingerprint density at radius 2 is 1.29 bits per heavy atom. The molecule has 0 aliphatic carbocycles. The largest absolute Gasteiger partial charge is 0.444 e. The van der Waals surface area contributed by atoms with E-state index < -0.39 is 49.9 Å². The van der Waals surface area contributed by atoms with E-state index in [1.807, 2.05) is 34.6 Å². The molecule has 0 aromatic carbocycles. The number of carbonyl (C=O) groups is 4. The molecule has 1 atom stereocenters. The number of alkyl carbamates (subject to hydrolysis) is 1. The zero-order chi connectivity index (χ0) is 37.9. The maximum absolute atomic E-state index is 13.2. The first kappa shape index (κ1) is 46.2. The number of guanidine groups is 1. The van der Waals surface area contributed by atoms with Crippen LogP contribution in [0.3, 0.4) is 0 Å². The SMILES string of the molecule is CCOC(CCCNC(=O)C(NC(=O)CCCCCCNC(=NC(=O)OC(C)(C)C)NC(=O)OC(C)(C)C)C(C)(C)C)(OCC)O[SiH](C)C. The van der Waals surface area contributed by atoms with Gasteiger partial charge in [-0.3, -0.25) is 14.9 Å². The molecule has 4 N–H and O–H groups in total. The second kappa shape index (κ2) is 22.1. The maximum Gasteiger partial charge on any atom is 0.437 e. The monoisotopic (exact) mass is 717 g/mol. The second-order valence-electron chi connectivity index (χ2n) is 15.1. The minimum absolute atomic E-state index is 0.0668. The van der Waals surface area contributed by atoms with E-state index in [0.717, 1.165) is 12.8 Å². The molecule has 0 aromatic rings. The Hall–Kier alpha value is -2.75. The lowest BCUT2D eigenvalue weighted by atomic mass is 9.86. The molecule has 286 valence electrons. The van der Waals surface area contributed by atoms with Crippen molar-refractivity contribution >= 4 is 39.0 Å². The van der Waals surface area contributed by atoms with Gasteiger partial charge in [0.15, 0.2) is 9.04 Å². The van der Waals surface area contributed by atoms with Crippen molar-refractivity contribution in [2.24, 2.45) is 10.4 Å². The van der Waals surface area contributed by atoms with Gasteiger partial charge in [-0.15, -0.1) is 4.99 Å². The number of hydrogen-bond donors (Lipinski definition) is 4. The van der Waals surface area contributed by atoms with E-state index in [4.69, 9.17) is 23.4 Å². The normalized spacial score (nSPS) is 13.5. The van der Waals surface area contributed by atoms with Gasteiger partial charge in [0.05, 0.1) is 0 Å². The van der Waals surface area contributed by atoms with E-state index in [1.54, 1.807) is 41.5 Å². The predicted molar refractivity (Wildman–Crippen MR) is 194 cm³/mol. The Balaban J connectivity index is 4.87. The minimum Gasteiger partial charge on any atom is -0.444 e. The fourth-order valence-electron chi connectivity index (χ4n) is 4.50. The van der Waals surface area contributed by atoms with Gasteiger partial charge in [0, 0.05) is 39.1 Å². The molecule has 14 nitrogen and oxygen atoms in total. The molecular weight excluding hydrogens is 650 g/mol. The van der Waals surface area contributed by atoms with Gasteiger partial charge in [0.1, 0.15) is 17.2 Å². The number of nitrogens with zero attached hydrogens (tertiary/aromatic N) is 1. The lowest BCUT2D eigenvalue weighted by molar-refractivity contribution is -0.346. The third-order valence-electron chi connectivity index (χ3n) is 6.38. The van der Waals surface area contributed by atoms with Crippen molar-refractivity contribution in [2.75, 3.05) is 26.3 Å².